The molecule has 12 nitrogen and oxygen atoms in total. The molecular weight excluding hydrogens is 699 g/mol. The van der Waals surface area contributed by atoms with Gasteiger partial charge in [0.15, 0.2) is 0 Å². The maximum Gasteiger partial charge on any atom is 0.252 e. The number of para-hydroxylation sites is 1. The van der Waals surface area contributed by atoms with Crippen LogP contribution in [0.25, 0.3) is 11.1 Å². The van der Waals surface area contributed by atoms with E-state index in [1.807, 2.05) is 73.6 Å². The van der Waals surface area contributed by atoms with Crippen LogP contribution in [0.4, 0.5) is 5.69 Å². The van der Waals surface area contributed by atoms with E-state index in [0.717, 1.165) is 17.7 Å². The molecule has 296 valence electrons. The fourth-order valence-corrected chi connectivity index (χ4v) is 9.30. The molecule has 0 spiro atoms. The van der Waals surface area contributed by atoms with Crippen LogP contribution in [-0.4, -0.2) is 91.1 Å². The zero-order chi connectivity index (χ0) is 39.8. The Kier molecular flexibility index (Phi) is 11.9. The molecule has 1 heterocycles. The Morgan fingerprint density at radius 1 is 1.07 bits per heavy atom. The predicted octanol–water partition coefficient (Wildman–Crippen LogP) is 3.92. The van der Waals surface area contributed by atoms with Crippen molar-refractivity contribution in [1.29, 1.82) is 0 Å². The van der Waals surface area contributed by atoms with Crippen LogP contribution in [0.1, 0.15) is 62.0 Å². The summed E-state index contributed by atoms with van der Waals surface area (Å²) in [5.41, 5.74) is 10.0. The van der Waals surface area contributed by atoms with Crippen LogP contribution in [0, 0.1) is 29.1 Å². The number of nitrogens with one attached hydrogen (secondary N) is 2. The van der Waals surface area contributed by atoms with Crippen LogP contribution in [0.3, 0.4) is 0 Å². The fourth-order valence-electron chi connectivity index (χ4n) is 9.30. The van der Waals surface area contributed by atoms with Crippen molar-refractivity contribution in [3.63, 3.8) is 0 Å². The number of carbonyl (C=O) groups is 3. The van der Waals surface area contributed by atoms with Gasteiger partial charge < -0.3 is 36.2 Å². The van der Waals surface area contributed by atoms with Crippen molar-refractivity contribution in [2.45, 2.75) is 83.8 Å². The number of hydrogen-bond acceptors (Lipinski definition) is 9. The highest BCUT2D eigenvalue weighted by Gasteiger charge is 2.57. The van der Waals surface area contributed by atoms with Crippen molar-refractivity contribution in [2.24, 2.45) is 34.8 Å². The third-order valence-electron chi connectivity index (χ3n) is 12.6. The number of methoxy groups -OCH3 is 1. The summed E-state index contributed by atoms with van der Waals surface area (Å²) in [7, 11) is 5.31. The second kappa shape index (κ2) is 16.3. The molecule has 9 atom stereocenters. The van der Waals surface area contributed by atoms with E-state index in [-0.39, 0.29) is 36.9 Å². The highest BCUT2D eigenvalue weighted by atomic mass is 16.7. The van der Waals surface area contributed by atoms with Crippen molar-refractivity contribution >= 4 is 23.4 Å². The normalized spacial score (nSPS) is 26.7. The van der Waals surface area contributed by atoms with Crippen molar-refractivity contribution in [3.8, 4) is 16.9 Å². The van der Waals surface area contributed by atoms with Gasteiger partial charge in [-0.2, -0.15) is 5.06 Å². The molecule has 3 aromatic rings. The van der Waals surface area contributed by atoms with E-state index in [4.69, 9.17) is 15.3 Å². The number of benzene rings is 3. The van der Waals surface area contributed by atoms with Gasteiger partial charge in [-0.1, -0.05) is 69.3 Å². The maximum atomic E-state index is 14.3. The van der Waals surface area contributed by atoms with E-state index in [1.54, 1.807) is 31.2 Å². The van der Waals surface area contributed by atoms with Crippen LogP contribution < -0.4 is 26.0 Å². The minimum Gasteiger partial charge on any atom is -0.496 e. The number of primary amides is 1. The molecule has 6 N–H and O–H groups in total. The Morgan fingerprint density at radius 3 is 2.40 bits per heavy atom. The fraction of sp³-hybridized carbons (Fsp3) is 0.512. The average Bonchev–Trinajstić information content (AvgIpc) is 3.53. The molecule has 3 aromatic carbocycles. The number of nitrogens with two attached hydrogens (primary N) is 1. The summed E-state index contributed by atoms with van der Waals surface area (Å²) in [6.45, 7) is 8.24. The molecule has 3 amide bonds. The van der Waals surface area contributed by atoms with E-state index in [1.165, 1.54) is 6.42 Å². The van der Waals surface area contributed by atoms with Gasteiger partial charge in [0.1, 0.15) is 23.9 Å². The Bertz CT molecular complexity index is 1870. The van der Waals surface area contributed by atoms with Crippen molar-refractivity contribution < 1.29 is 34.2 Å². The molecule has 1 aliphatic heterocycles. The number of hydrogen-bond donors (Lipinski definition) is 5. The molecule has 12 heteroatoms. The van der Waals surface area contributed by atoms with Crippen LogP contribution in [0.2, 0.25) is 0 Å². The van der Waals surface area contributed by atoms with E-state index >= 15 is 0 Å². The lowest BCUT2D eigenvalue weighted by molar-refractivity contribution is -0.183. The average molecular weight is 756 g/mol. The Hall–Kier alpha value is -4.49. The molecule has 4 fully saturated rings. The maximum absolute atomic E-state index is 14.3. The Balaban J connectivity index is 1.29. The first-order valence-corrected chi connectivity index (χ1v) is 19.3. The number of ether oxygens (including phenoxy) is 1. The van der Waals surface area contributed by atoms with Crippen molar-refractivity contribution in [2.75, 3.05) is 32.7 Å². The highest BCUT2D eigenvalue weighted by Crippen LogP contribution is 2.61. The van der Waals surface area contributed by atoms with Crippen LogP contribution >= 0.6 is 0 Å². The Morgan fingerprint density at radius 2 is 1.80 bits per heavy atom. The van der Waals surface area contributed by atoms with Gasteiger partial charge in [0, 0.05) is 54.9 Å². The molecule has 1 saturated heterocycles. The number of aliphatic hydroxyl groups is 2. The minimum absolute atomic E-state index is 0.0128. The summed E-state index contributed by atoms with van der Waals surface area (Å²) in [5, 5.41) is 29.0. The van der Waals surface area contributed by atoms with Crippen molar-refractivity contribution in [3.05, 3.63) is 83.4 Å². The lowest BCUT2D eigenvalue weighted by Gasteiger charge is -2.62. The second-order valence-electron chi connectivity index (χ2n) is 16.5. The molecule has 2 bridgehead atoms. The summed E-state index contributed by atoms with van der Waals surface area (Å²) in [6.07, 6.45) is 0.628. The SMILES string of the molecule is COc1c(CN2O[C@@H](CO)[C@@H]([C@H](C)O)[C@H]2C(=O)N[C@@H]2C[C@H]3C[C@@H]([C@@H]2C)C3(C)C)cccc1-c1cc(C(=O)N[C@@H](Cc2ccccc2)C(N)=O)cc(N(C)C)c1. The van der Waals surface area contributed by atoms with Crippen LogP contribution in [0.5, 0.6) is 5.75 Å². The number of amides is 3. The summed E-state index contributed by atoms with van der Waals surface area (Å²) >= 11 is 0. The molecular formula is C43H57N5O7. The number of anilines is 1. The Labute approximate surface area is 324 Å². The first-order chi connectivity index (χ1) is 26.1. The standard InChI is InChI=1S/C43H57N5O7/c1-24-33-20-30(43(33,3)4)21-34(24)45-42(53)38-37(25(2)50)36(23-49)55-48(38)22-27-14-11-15-32(39(27)54-7)28-17-29(19-31(18-28)47(5)6)41(52)46-35(40(44)51)16-26-12-9-8-10-13-26/h8-15,17-19,24-25,30,33-38,49-50H,16,20-23H2,1-7H3,(H2,44,51)(H,45,53)(H,46,52)/t24-,25-,30+,33-,34+,35-,36-,37+,38-/m0/s1. The first kappa shape index (κ1) is 40.2. The van der Waals surface area contributed by atoms with Gasteiger partial charge in [-0.25, -0.2) is 0 Å². The summed E-state index contributed by atoms with van der Waals surface area (Å²) in [6, 6.07) is 18.7. The molecule has 0 radical (unpaired) electrons. The van der Waals surface area contributed by atoms with E-state index < -0.39 is 42.0 Å². The number of fused-ring (bicyclic) bond motifs is 2. The zero-order valence-electron chi connectivity index (χ0n) is 33.0. The number of hydroxylamine groups is 2. The van der Waals surface area contributed by atoms with Gasteiger partial charge in [0.25, 0.3) is 5.91 Å². The van der Waals surface area contributed by atoms with Gasteiger partial charge in [0.05, 0.1) is 26.4 Å². The molecule has 4 aliphatic rings. The number of aliphatic hydroxyl groups excluding tert-OH is 2. The smallest absolute Gasteiger partial charge is 0.252 e. The van der Waals surface area contributed by atoms with Crippen molar-refractivity contribution in [1.82, 2.24) is 15.7 Å². The van der Waals surface area contributed by atoms with Crippen LogP contribution in [0.15, 0.2) is 66.7 Å². The van der Waals surface area contributed by atoms with E-state index in [0.29, 0.717) is 45.8 Å². The second-order valence-corrected chi connectivity index (χ2v) is 16.5. The quantitative estimate of drug-likeness (QED) is 0.164. The summed E-state index contributed by atoms with van der Waals surface area (Å²) in [5.74, 6) is -0.0867. The zero-order valence-corrected chi connectivity index (χ0v) is 33.0. The molecule has 0 aromatic heterocycles. The molecule has 55 heavy (non-hydrogen) atoms. The van der Waals surface area contributed by atoms with E-state index in [9.17, 15) is 24.6 Å². The predicted molar refractivity (Wildman–Crippen MR) is 211 cm³/mol. The van der Waals surface area contributed by atoms with Gasteiger partial charge in [-0.15, -0.1) is 0 Å². The monoisotopic (exact) mass is 755 g/mol. The third kappa shape index (κ3) is 8.09. The van der Waals surface area contributed by atoms with Gasteiger partial charge >= 0.3 is 0 Å². The summed E-state index contributed by atoms with van der Waals surface area (Å²) < 4.78 is 6.04. The molecule has 7 rings (SSSR count). The van der Waals surface area contributed by atoms with E-state index in [2.05, 4.69) is 31.4 Å². The molecule has 0 unspecified atom stereocenters. The highest BCUT2D eigenvalue weighted by molar-refractivity contribution is 5.99. The van der Waals surface area contributed by atoms with Gasteiger partial charge in [0.2, 0.25) is 11.8 Å². The lowest BCUT2D eigenvalue weighted by Crippen LogP contribution is -2.62. The van der Waals surface area contributed by atoms with Gasteiger partial charge in [-0.05, 0) is 72.3 Å². The first-order valence-electron chi connectivity index (χ1n) is 19.3. The van der Waals surface area contributed by atoms with Crippen LogP contribution in [-0.2, 0) is 27.4 Å². The topological polar surface area (TPSA) is 167 Å². The lowest BCUT2D eigenvalue weighted by atomic mass is 9.45. The summed E-state index contributed by atoms with van der Waals surface area (Å²) in [4.78, 5) is 48.6. The molecule has 3 saturated carbocycles. The largest absolute Gasteiger partial charge is 0.496 e. The molecule has 3 aliphatic carbocycles. The minimum atomic E-state index is -0.928. The number of nitrogens with zero attached hydrogens (tertiary/aromatic N) is 2. The number of rotatable bonds is 14. The third-order valence-corrected chi connectivity index (χ3v) is 12.6. The van der Waals surface area contributed by atoms with Gasteiger partial charge in [-0.3, -0.25) is 19.2 Å². The number of carbonyl (C=O) groups excluding carboxylic acids is 3.